The van der Waals surface area contributed by atoms with Crippen LogP contribution in [0.2, 0.25) is 5.02 Å². The highest BCUT2D eigenvalue weighted by atomic mass is 35.5. The maximum absolute atomic E-state index is 14.4. The number of halogens is 3. The van der Waals surface area contributed by atoms with E-state index in [1.165, 1.54) is 24.3 Å². The fraction of sp³-hybridized carbons (Fsp3) is 0.263. The third-order valence-corrected chi connectivity index (χ3v) is 5.00. The molecular weight excluding hydrogens is 380 g/mol. The van der Waals surface area contributed by atoms with Gasteiger partial charge in [-0.25, -0.2) is 13.6 Å². The molecule has 1 amide bonds. The quantitative estimate of drug-likeness (QED) is 0.820. The minimum Gasteiger partial charge on any atom is -0.478 e. The highest BCUT2D eigenvalue weighted by molar-refractivity contribution is 6.33. The van der Waals surface area contributed by atoms with Crippen molar-refractivity contribution in [1.29, 1.82) is 0 Å². The number of anilines is 1. The molecule has 0 aliphatic carbocycles. The molecule has 2 aromatic carbocycles. The molecule has 1 aliphatic rings. The lowest BCUT2D eigenvalue weighted by Crippen LogP contribution is -2.45. The molecule has 5 nitrogen and oxygen atoms in total. The van der Waals surface area contributed by atoms with Gasteiger partial charge in [0, 0.05) is 30.5 Å². The van der Waals surface area contributed by atoms with Crippen molar-refractivity contribution in [2.75, 3.05) is 18.5 Å². The Morgan fingerprint density at radius 1 is 1.11 bits per heavy atom. The lowest BCUT2D eigenvalue weighted by atomic mass is 9.73. The van der Waals surface area contributed by atoms with Gasteiger partial charge in [-0.05, 0) is 37.1 Å². The van der Waals surface area contributed by atoms with E-state index in [2.05, 4.69) is 5.32 Å². The number of amides is 1. The Kier molecular flexibility index (Phi) is 5.43. The van der Waals surface area contributed by atoms with Crippen molar-refractivity contribution in [2.45, 2.75) is 18.3 Å². The van der Waals surface area contributed by atoms with Crippen molar-refractivity contribution >= 4 is 29.2 Å². The van der Waals surface area contributed by atoms with E-state index in [-0.39, 0.29) is 47.9 Å². The van der Waals surface area contributed by atoms with E-state index in [4.69, 9.17) is 21.4 Å². The first-order valence-corrected chi connectivity index (χ1v) is 8.59. The summed E-state index contributed by atoms with van der Waals surface area (Å²) in [5, 5.41) is 11.7. The molecule has 142 valence electrons. The molecule has 1 heterocycles. The molecule has 3 rings (SSSR count). The first-order valence-electron chi connectivity index (χ1n) is 8.21. The normalized spacial score (nSPS) is 16.0. The van der Waals surface area contributed by atoms with Crippen LogP contribution in [-0.4, -0.2) is 30.2 Å². The minimum atomic E-state index is -1.23. The van der Waals surface area contributed by atoms with Crippen LogP contribution in [-0.2, 0) is 14.9 Å². The monoisotopic (exact) mass is 395 g/mol. The van der Waals surface area contributed by atoms with Crippen molar-refractivity contribution in [3.8, 4) is 0 Å². The van der Waals surface area contributed by atoms with E-state index < -0.39 is 28.9 Å². The summed E-state index contributed by atoms with van der Waals surface area (Å²) >= 11 is 5.93. The summed E-state index contributed by atoms with van der Waals surface area (Å²) in [7, 11) is 0. The van der Waals surface area contributed by atoms with Crippen LogP contribution >= 0.6 is 11.6 Å². The second kappa shape index (κ2) is 7.62. The zero-order valence-electron chi connectivity index (χ0n) is 14.1. The predicted octanol–water partition coefficient (Wildman–Crippen LogP) is 4.00. The summed E-state index contributed by atoms with van der Waals surface area (Å²) in [6, 6.07) is 7.13. The lowest BCUT2D eigenvalue weighted by molar-refractivity contribution is -0.125. The molecule has 1 aliphatic heterocycles. The zero-order chi connectivity index (χ0) is 19.6. The fourth-order valence-electron chi connectivity index (χ4n) is 3.23. The molecule has 1 saturated heterocycles. The topological polar surface area (TPSA) is 75.6 Å². The summed E-state index contributed by atoms with van der Waals surface area (Å²) < 4.78 is 33.1. The van der Waals surface area contributed by atoms with Crippen molar-refractivity contribution in [1.82, 2.24) is 0 Å². The molecule has 0 atom stereocenters. The summed E-state index contributed by atoms with van der Waals surface area (Å²) in [4.78, 5) is 24.1. The maximum Gasteiger partial charge on any atom is 0.337 e. The van der Waals surface area contributed by atoms with Crippen LogP contribution in [0.3, 0.4) is 0 Å². The zero-order valence-corrected chi connectivity index (χ0v) is 14.9. The number of hydrogen-bond acceptors (Lipinski definition) is 3. The molecule has 0 saturated carbocycles. The lowest BCUT2D eigenvalue weighted by Gasteiger charge is -2.36. The van der Waals surface area contributed by atoms with Crippen molar-refractivity contribution in [3.05, 3.63) is 64.2 Å². The first-order chi connectivity index (χ1) is 12.8. The number of carbonyl (C=O) groups is 2. The number of ether oxygens (including phenoxy) is 1. The van der Waals surface area contributed by atoms with Gasteiger partial charge in [-0.2, -0.15) is 0 Å². The summed E-state index contributed by atoms with van der Waals surface area (Å²) in [5.41, 5.74) is -0.949. The highest BCUT2D eigenvalue weighted by Crippen LogP contribution is 2.38. The van der Waals surface area contributed by atoms with Gasteiger partial charge in [-0.15, -0.1) is 0 Å². The van der Waals surface area contributed by atoms with Crippen LogP contribution in [0.25, 0.3) is 0 Å². The molecule has 2 aromatic rings. The Hall–Kier alpha value is -2.51. The Morgan fingerprint density at radius 2 is 1.81 bits per heavy atom. The largest absolute Gasteiger partial charge is 0.478 e. The smallest absolute Gasteiger partial charge is 0.337 e. The number of hydrogen-bond donors (Lipinski definition) is 2. The van der Waals surface area contributed by atoms with Crippen molar-refractivity contribution in [2.24, 2.45) is 0 Å². The second-order valence-electron chi connectivity index (χ2n) is 6.27. The predicted molar refractivity (Wildman–Crippen MR) is 95.1 cm³/mol. The van der Waals surface area contributed by atoms with Crippen LogP contribution in [0.4, 0.5) is 14.5 Å². The maximum atomic E-state index is 14.4. The van der Waals surface area contributed by atoms with Crippen LogP contribution in [0, 0.1) is 11.6 Å². The van der Waals surface area contributed by atoms with Gasteiger partial charge < -0.3 is 15.2 Å². The molecule has 2 N–H and O–H groups in total. The van der Waals surface area contributed by atoms with E-state index in [0.29, 0.717) is 0 Å². The summed E-state index contributed by atoms with van der Waals surface area (Å²) in [6.07, 6.45) is 0.449. The van der Waals surface area contributed by atoms with Gasteiger partial charge >= 0.3 is 5.97 Å². The number of benzene rings is 2. The van der Waals surface area contributed by atoms with E-state index in [1.54, 1.807) is 0 Å². The fourth-order valence-corrected chi connectivity index (χ4v) is 3.49. The highest BCUT2D eigenvalue weighted by Gasteiger charge is 2.43. The summed E-state index contributed by atoms with van der Waals surface area (Å²) in [5.74, 6) is -3.20. The van der Waals surface area contributed by atoms with Gasteiger partial charge in [0.15, 0.2) is 0 Å². The van der Waals surface area contributed by atoms with E-state index >= 15 is 0 Å². The molecule has 0 radical (unpaired) electrons. The van der Waals surface area contributed by atoms with Crippen LogP contribution < -0.4 is 5.32 Å². The molecule has 0 spiro atoms. The molecule has 0 aromatic heterocycles. The van der Waals surface area contributed by atoms with Crippen LogP contribution in [0.1, 0.15) is 28.8 Å². The van der Waals surface area contributed by atoms with Gasteiger partial charge in [0.05, 0.1) is 16.0 Å². The Labute approximate surface area is 158 Å². The summed E-state index contributed by atoms with van der Waals surface area (Å²) in [6.45, 7) is 0.506. The molecule has 1 fully saturated rings. The Morgan fingerprint density at radius 3 is 2.41 bits per heavy atom. The number of carboxylic acids is 1. The average molecular weight is 396 g/mol. The molecule has 8 heteroatoms. The molecular formula is C19H16ClF2NO4. The SMILES string of the molecule is O=C(O)c1ccc(NC(=O)C2(c3ccc(F)cc3F)CCOCC2)cc1Cl. The standard InChI is InChI=1S/C19H16ClF2NO4/c20-15-10-12(2-3-13(15)17(24)25)23-18(26)19(5-7-27-8-6-19)14-4-1-11(21)9-16(14)22/h1-4,9-10H,5-8H2,(H,23,26)(H,24,25). The first kappa shape index (κ1) is 19.3. The van der Waals surface area contributed by atoms with Crippen LogP contribution in [0.15, 0.2) is 36.4 Å². The van der Waals surface area contributed by atoms with E-state index in [1.807, 2.05) is 0 Å². The van der Waals surface area contributed by atoms with Gasteiger partial charge in [-0.3, -0.25) is 4.79 Å². The number of carbonyl (C=O) groups excluding carboxylic acids is 1. The average Bonchev–Trinajstić information content (AvgIpc) is 2.62. The number of carboxylic acid groups (broad SMARTS) is 1. The molecule has 0 unspecified atom stereocenters. The van der Waals surface area contributed by atoms with Gasteiger partial charge in [0.2, 0.25) is 5.91 Å². The Balaban J connectivity index is 1.95. The number of nitrogens with one attached hydrogen (secondary N) is 1. The number of aromatic carboxylic acids is 1. The van der Waals surface area contributed by atoms with Gasteiger partial charge in [0.1, 0.15) is 11.6 Å². The Bertz CT molecular complexity index is 897. The number of rotatable bonds is 4. The third kappa shape index (κ3) is 3.79. The molecule has 27 heavy (non-hydrogen) atoms. The van der Waals surface area contributed by atoms with Crippen LogP contribution in [0.5, 0.6) is 0 Å². The third-order valence-electron chi connectivity index (χ3n) is 4.69. The van der Waals surface area contributed by atoms with Crippen molar-refractivity contribution < 1.29 is 28.2 Å². The van der Waals surface area contributed by atoms with E-state index in [0.717, 1.165) is 12.1 Å². The minimum absolute atomic E-state index is 0.0331. The second-order valence-corrected chi connectivity index (χ2v) is 6.68. The van der Waals surface area contributed by atoms with Gasteiger partial charge in [-0.1, -0.05) is 17.7 Å². The van der Waals surface area contributed by atoms with E-state index in [9.17, 15) is 18.4 Å². The molecule has 0 bridgehead atoms. The van der Waals surface area contributed by atoms with Crippen molar-refractivity contribution in [3.63, 3.8) is 0 Å². The van der Waals surface area contributed by atoms with Gasteiger partial charge in [0.25, 0.3) is 0 Å².